The molecule has 2 rings (SSSR count). The lowest BCUT2D eigenvalue weighted by Crippen LogP contribution is -2.32. The summed E-state index contributed by atoms with van der Waals surface area (Å²) in [6.07, 6.45) is 4.50. The van der Waals surface area contributed by atoms with Crippen LogP contribution in [0.25, 0.3) is 10.9 Å². The Hall–Kier alpha value is -1.28. The second-order valence-corrected chi connectivity index (χ2v) is 5.15. The van der Waals surface area contributed by atoms with Crippen molar-refractivity contribution in [3.8, 4) is 0 Å². The minimum Gasteiger partial charge on any atom is -0.361 e. The first kappa shape index (κ1) is 13.2. The molecule has 1 aromatic heterocycles. The molecule has 98 valence electrons. The van der Waals surface area contributed by atoms with E-state index in [-0.39, 0.29) is 0 Å². The summed E-state index contributed by atoms with van der Waals surface area (Å²) in [5.74, 6) is 0.777. The summed E-state index contributed by atoms with van der Waals surface area (Å²) in [4.78, 5) is 3.26. The Balaban J connectivity index is 1.96. The summed E-state index contributed by atoms with van der Waals surface area (Å²) < 4.78 is 0. The Morgan fingerprint density at radius 2 is 1.94 bits per heavy atom. The molecular weight excluding hydrogens is 220 g/mol. The van der Waals surface area contributed by atoms with Crippen molar-refractivity contribution in [2.75, 3.05) is 0 Å². The molecule has 0 saturated carbocycles. The van der Waals surface area contributed by atoms with Crippen LogP contribution in [0.5, 0.6) is 0 Å². The zero-order valence-corrected chi connectivity index (χ0v) is 11.7. The van der Waals surface area contributed by atoms with Gasteiger partial charge in [-0.3, -0.25) is 0 Å². The quantitative estimate of drug-likeness (QED) is 0.787. The zero-order valence-electron chi connectivity index (χ0n) is 11.7. The third kappa shape index (κ3) is 2.94. The van der Waals surface area contributed by atoms with Crippen molar-refractivity contribution < 1.29 is 0 Å². The predicted octanol–water partition coefficient (Wildman–Crippen LogP) is 4.08. The maximum Gasteiger partial charge on any atom is 0.0457 e. The van der Waals surface area contributed by atoms with Gasteiger partial charge in [-0.15, -0.1) is 0 Å². The van der Waals surface area contributed by atoms with Crippen LogP contribution in [0.15, 0.2) is 30.5 Å². The second-order valence-electron chi connectivity index (χ2n) is 5.15. The van der Waals surface area contributed by atoms with Gasteiger partial charge in [0.25, 0.3) is 0 Å². The van der Waals surface area contributed by atoms with Crippen LogP contribution < -0.4 is 5.32 Å². The van der Waals surface area contributed by atoms with Gasteiger partial charge in [-0.1, -0.05) is 38.8 Å². The average Bonchev–Trinajstić information content (AvgIpc) is 2.85. The van der Waals surface area contributed by atoms with Crippen LogP contribution in [-0.4, -0.2) is 11.0 Å². The third-order valence-corrected chi connectivity index (χ3v) is 4.00. The molecule has 2 heteroatoms. The van der Waals surface area contributed by atoms with Gasteiger partial charge in [0.15, 0.2) is 0 Å². The van der Waals surface area contributed by atoms with Crippen molar-refractivity contribution in [3.05, 3.63) is 36.0 Å². The molecule has 18 heavy (non-hydrogen) atoms. The summed E-state index contributed by atoms with van der Waals surface area (Å²) in [5, 5.41) is 4.93. The van der Waals surface area contributed by atoms with E-state index in [1.807, 2.05) is 6.20 Å². The van der Waals surface area contributed by atoms with Crippen LogP contribution in [0.2, 0.25) is 0 Å². The van der Waals surface area contributed by atoms with E-state index >= 15 is 0 Å². The Morgan fingerprint density at radius 3 is 2.67 bits per heavy atom. The van der Waals surface area contributed by atoms with E-state index in [0.717, 1.165) is 12.5 Å². The average molecular weight is 244 g/mol. The number of nitrogens with one attached hydrogen (secondary N) is 2. The fourth-order valence-corrected chi connectivity index (χ4v) is 2.65. The first-order valence-corrected chi connectivity index (χ1v) is 7.04. The van der Waals surface area contributed by atoms with E-state index in [1.54, 1.807) is 0 Å². The SMILES string of the molecule is CCC(CC)C(C)NCc1ccc2cc[nH]c2c1. The molecular formula is C16H24N2. The fraction of sp³-hybridized carbons (Fsp3) is 0.500. The number of hydrogen-bond donors (Lipinski definition) is 2. The molecule has 0 bridgehead atoms. The van der Waals surface area contributed by atoms with E-state index < -0.39 is 0 Å². The lowest BCUT2D eigenvalue weighted by Gasteiger charge is -2.22. The largest absolute Gasteiger partial charge is 0.361 e. The molecule has 2 N–H and O–H groups in total. The highest BCUT2D eigenvalue weighted by atomic mass is 14.9. The summed E-state index contributed by atoms with van der Waals surface area (Å²) in [6, 6.07) is 9.33. The smallest absolute Gasteiger partial charge is 0.0457 e. The number of fused-ring (bicyclic) bond motifs is 1. The number of benzene rings is 1. The minimum absolute atomic E-state index is 0.583. The van der Waals surface area contributed by atoms with Gasteiger partial charge in [-0.05, 0) is 35.9 Å². The topological polar surface area (TPSA) is 27.8 Å². The standard InChI is InChI=1S/C16H24N2/c1-4-14(5-2)12(3)18-11-13-6-7-15-8-9-17-16(15)10-13/h6-10,12,14,17-18H,4-5,11H2,1-3H3. The molecule has 0 amide bonds. The van der Waals surface area contributed by atoms with Crippen LogP contribution in [-0.2, 0) is 6.54 Å². The molecule has 0 aliphatic heterocycles. The van der Waals surface area contributed by atoms with E-state index in [0.29, 0.717) is 6.04 Å². The Kier molecular flexibility index (Phi) is 4.43. The van der Waals surface area contributed by atoms with Crippen molar-refractivity contribution in [1.82, 2.24) is 10.3 Å². The van der Waals surface area contributed by atoms with Gasteiger partial charge in [-0.2, -0.15) is 0 Å². The maximum absolute atomic E-state index is 3.64. The number of aromatic nitrogens is 1. The Bertz CT molecular complexity index is 483. The molecule has 1 aromatic carbocycles. The summed E-state index contributed by atoms with van der Waals surface area (Å²) in [6.45, 7) is 7.80. The van der Waals surface area contributed by atoms with E-state index in [9.17, 15) is 0 Å². The van der Waals surface area contributed by atoms with Crippen molar-refractivity contribution in [2.24, 2.45) is 5.92 Å². The van der Waals surface area contributed by atoms with Crippen molar-refractivity contribution in [1.29, 1.82) is 0 Å². The molecule has 0 radical (unpaired) electrons. The summed E-state index contributed by atoms with van der Waals surface area (Å²) >= 11 is 0. The molecule has 1 atom stereocenters. The van der Waals surface area contributed by atoms with Gasteiger partial charge in [0.05, 0.1) is 0 Å². The number of aromatic amines is 1. The predicted molar refractivity (Wildman–Crippen MR) is 78.7 cm³/mol. The highest BCUT2D eigenvalue weighted by Gasteiger charge is 2.12. The lowest BCUT2D eigenvalue weighted by molar-refractivity contribution is 0.353. The molecule has 0 saturated heterocycles. The highest BCUT2D eigenvalue weighted by molar-refractivity contribution is 5.79. The van der Waals surface area contributed by atoms with E-state index in [2.05, 4.69) is 55.3 Å². The molecule has 1 unspecified atom stereocenters. The van der Waals surface area contributed by atoms with Crippen molar-refractivity contribution in [2.45, 2.75) is 46.2 Å². The van der Waals surface area contributed by atoms with Crippen LogP contribution in [0.4, 0.5) is 0 Å². The number of H-pyrrole nitrogens is 1. The second kappa shape index (κ2) is 6.05. The molecule has 2 nitrogen and oxygen atoms in total. The molecule has 0 aliphatic rings. The van der Waals surface area contributed by atoms with Crippen LogP contribution in [0.3, 0.4) is 0 Å². The van der Waals surface area contributed by atoms with E-state index in [4.69, 9.17) is 0 Å². The number of hydrogen-bond acceptors (Lipinski definition) is 1. The van der Waals surface area contributed by atoms with Gasteiger partial charge in [0, 0.05) is 24.3 Å². The highest BCUT2D eigenvalue weighted by Crippen LogP contribution is 2.16. The maximum atomic E-state index is 3.64. The molecule has 1 heterocycles. The van der Waals surface area contributed by atoms with Crippen molar-refractivity contribution in [3.63, 3.8) is 0 Å². The third-order valence-electron chi connectivity index (χ3n) is 4.00. The van der Waals surface area contributed by atoms with Gasteiger partial charge in [-0.25, -0.2) is 0 Å². The van der Waals surface area contributed by atoms with Gasteiger partial charge < -0.3 is 10.3 Å². The normalized spacial score (nSPS) is 13.3. The van der Waals surface area contributed by atoms with Gasteiger partial charge in [0.1, 0.15) is 0 Å². The fourth-order valence-electron chi connectivity index (χ4n) is 2.65. The first-order valence-electron chi connectivity index (χ1n) is 7.04. The van der Waals surface area contributed by atoms with Crippen LogP contribution in [0.1, 0.15) is 39.2 Å². The Labute approximate surface area is 110 Å². The monoisotopic (exact) mass is 244 g/mol. The minimum atomic E-state index is 0.583. The number of rotatable bonds is 6. The van der Waals surface area contributed by atoms with Gasteiger partial charge in [0.2, 0.25) is 0 Å². The first-order chi connectivity index (χ1) is 8.74. The van der Waals surface area contributed by atoms with Crippen LogP contribution in [0, 0.1) is 5.92 Å². The molecule has 0 spiro atoms. The van der Waals surface area contributed by atoms with Crippen LogP contribution >= 0.6 is 0 Å². The molecule has 2 aromatic rings. The lowest BCUT2D eigenvalue weighted by atomic mass is 9.95. The Morgan fingerprint density at radius 1 is 1.17 bits per heavy atom. The summed E-state index contributed by atoms with van der Waals surface area (Å²) in [5.41, 5.74) is 2.58. The summed E-state index contributed by atoms with van der Waals surface area (Å²) in [7, 11) is 0. The molecule has 0 aliphatic carbocycles. The van der Waals surface area contributed by atoms with Gasteiger partial charge >= 0.3 is 0 Å². The molecule has 0 fully saturated rings. The van der Waals surface area contributed by atoms with Crippen molar-refractivity contribution >= 4 is 10.9 Å². The van der Waals surface area contributed by atoms with E-state index in [1.165, 1.54) is 29.3 Å². The zero-order chi connectivity index (χ0) is 13.0.